The summed E-state index contributed by atoms with van der Waals surface area (Å²) in [6, 6.07) is 6.92. The minimum Gasteiger partial charge on any atom is -0.395 e. The van der Waals surface area contributed by atoms with E-state index in [1.165, 1.54) is 6.20 Å². The molecule has 100 valence electrons. The van der Waals surface area contributed by atoms with Crippen molar-refractivity contribution in [2.45, 2.75) is 6.92 Å². The van der Waals surface area contributed by atoms with Gasteiger partial charge in [0.05, 0.1) is 6.61 Å². The van der Waals surface area contributed by atoms with E-state index in [1.54, 1.807) is 31.2 Å². The molecule has 1 amide bonds. The number of nitrogens with one attached hydrogen (secondary N) is 2. The predicted molar refractivity (Wildman–Crippen MR) is 73.6 cm³/mol. The van der Waals surface area contributed by atoms with Crippen LogP contribution < -0.4 is 10.6 Å². The molecule has 0 saturated heterocycles. The lowest BCUT2D eigenvalue weighted by molar-refractivity contribution is -0.112. The summed E-state index contributed by atoms with van der Waals surface area (Å²) in [6.07, 6.45) is 1.27. The smallest absolute Gasteiger partial charge is 0.267 e. The van der Waals surface area contributed by atoms with Gasteiger partial charge in [-0.25, -0.2) is 0 Å². The Labute approximate surface area is 116 Å². The highest BCUT2D eigenvalue weighted by molar-refractivity contribution is 6.31. The van der Waals surface area contributed by atoms with Gasteiger partial charge in [0.25, 0.3) is 5.91 Å². The van der Waals surface area contributed by atoms with Gasteiger partial charge in [-0.3, -0.25) is 4.79 Å². The molecule has 19 heavy (non-hydrogen) atoms. The highest BCUT2D eigenvalue weighted by Crippen LogP contribution is 2.23. The van der Waals surface area contributed by atoms with Crippen LogP contribution in [0.2, 0.25) is 5.02 Å². The van der Waals surface area contributed by atoms with Crippen LogP contribution in [0.15, 0.2) is 30.0 Å². The van der Waals surface area contributed by atoms with Gasteiger partial charge in [-0.15, -0.1) is 0 Å². The Morgan fingerprint density at radius 1 is 1.58 bits per heavy atom. The number of halogens is 1. The Morgan fingerprint density at radius 3 is 2.95 bits per heavy atom. The fourth-order valence-electron chi connectivity index (χ4n) is 1.32. The monoisotopic (exact) mass is 279 g/mol. The Hall–Kier alpha value is -2.03. The average Bonchev–Trinajstić information content (AvgIpc) is 2.40. The molecule has 0 heterocycles. The summed E-state index contributed by atoms with van der Waals surface area (Å²) in [5, 5.41) is 23.3. The van der Waals surface area contributed by atoms with Crippen LogP contribution in [0, 0.1) is 18.3 Å². The van der Waals surface area contributed by atoms with Crippen LogP contribution >= 0.6 is 11.6 Å². The normalized spacial score (nSPS) is 10.7. The quantitative estimate of drug-likeness (QED) is 0.434. The second-order valence-electron chi connectivity index (χ2n) is 3.71. The second kappa shape index (κ2) is 7.41. The fourth-order valence-corrected chi connectivity index (χ4v) is 1.49. The topological polar surface area (TPSA) is 85.2 Å². The van der Waals surface area contributed by atoms with Gasteiger partial charge in [-0.2, -0.15) is 5.26 Å². The Balaban J connectivity index is 2.81. The van der Waals surface area contributed by atoms with Crippen molar-refractivity contribution in [3.05, 3.63) is 40.6 Å². The first-order valence-electron chi connectivity index (χ1n) is 5.61. The summed E-state index contributed by atoms with van der Waals surface area (Å²) in [7, 11) is 0. The first-order valence-corrected chi connectivity index (χ1v) is 5.99. The molecule has 0 bridgehead atoms. The molecule has 3 N–H and O–H groups in total. The molecule has 0 aliphatic heterocycles. The van der Waals surface area contributed by atoms with Crippen molar-refractivity contribution in [3.8, 4) is 6.07 Å². The number of benzene rings is 1. The molecule has 1 aromatic rings. The number of aliphatic hydroxyl groups is 1. The second-order valence-corrected chi connectivity index (χ2v) is 4.12. The van der Waals surface area contributed by atoms with Crippen LogP contribution in [-0.2, 0) is 4.79 Å². The number of carbonyl (C=O) groups excluding carboxylic acids is 1. The van der Waals surface area contributed by atoms with Crippen LogP contribution in [0.5, 0.6) is 0 Å². The van der Waals surface area contributed by atoms with Crippen LogP contribution in [0.1, 0.15) is 5.56 Å². The van der Waals surface area contributed by atoms with Crippen molar-refractivity contribution < 1.29 is 9.90 Å². The number of carbonyl (C=O) groups is 1. The van der Waals surface area contributed by atoms with Gasteiger partial charge in [0.2, 0.25) is 0 Å². The number of hydrogen-bond acceptors (Lipinski definition) is 4. The molecular weight excluding hydrogens is 266 g/mol. The van der Waals surface area contributed by atoms with Crippen molar-refractivity contribution in [2.24, 2.45) is 0 Å². The molecule has 5 nitrogen and oxygen atoms in total. The Kier molecular flexibility index (Phi) is 5.86. The zero-order chi connectivity index (χ0) is 14.3. The lowest BCUT2D eigenvalue weighted by Crippen LogP contribution is -2.18. The van der Waals surface area contributed by atoms with Crippen molar-refractivity contribution >= 4 is 23.2 Å². The molecule has 6 heteroatoms. The summed E-state index contributed by atoms with van der Waals surface area (Å²) in [5.74, 6) is -0.529. The number of anilines is 1. The molecule has 1 rings (SSSR count). The van der Waals surface area contributed by atoms with Gasteiger partial charge in [0.1, 0.15) is 11.6 Å². The molecule has 0 unspecified atom stereocenters. The van der Waals surface area contributed by atoms with Gasteiger partial charge >= 0.3 is 0 Å². The molecule has 1 aromatic carbocycles. The maximum absolute atomic E-state index is 11.9. The van der Waals surface area contributed by atoms with E-state index >= 15 is 0 Å². The number of nitriles is 1. The maximum Gasteiger partial charge on any atom is 0.267 e. The first kappa shape index (κ1) is 15.0. The number of hydrogen-bond donors (Lipinski definition) is 3. The van der Waals surface area contributed by atoms with E-state index in [-0.39, 0.29) is 18.7 Å². The standard InChI is InChI=1S/C13H14ClN3O2/c1-9-11(14)3-2-4-12(9)17-13(19)10(7-15)8-16-5-6-18/h2-4,8,16,18H,5-6H2,1H3,(H,17,19)/b10-8-. The maximum atomic E-state index is 11.9. The van der Waals surface area contributed by atoms with E-state index in [4.69, 9.17) is 22.0 Å². The average molecular weight is 280 g/mol. The van der Waals surface area contributed by atoms with Crippen molar-refractivity contribution in [3.63, 3.8) is 0 Å². The van der Waals surface area contributed by atoms with Gasteiger partial charge in [-0.1, -0.05) is 17.7 Å². The Morgan fingerprint density at radius 2 is 2.32 bits per heavy atom. The summed E-state index contributed by atoms with van der Waals surface area (Å²) in [4.78, 5) is 11.9. The third-order valence-corrected chi connectivity index (χ3v) is 2.79. The molecule has 0 aliphatic rings. The zero-order valence-electron chi connectivity index (χ0n) is 10.4. The summed E-state index contributed by atoms with van der Waals surface area (Å²) in [6.45, 7) is 1.97. The largest absolute Gasteiger partial charge is 0.395 e. The number of aliphatic hydroxyl groups excluding tert-OH is 1. The molecular formula is C13H14ClN3O2. The molecule has 0 fully saturated rings. The highest BCUT2D eigenvalue weighted by Gasteiger charge is 2.11. The van der Waals surface area contributed by atoms with Crippen LogP contribution in [0.3, 0.4) is 0 Å². The summed E-state index contributed by atoms with van der Waals surface area (Å²) in [5.41, 5.74) is 1.21. The number of nitrogens with zero attached hydrogens (tertiary/aromatic N) is 1. The van der Waals surface area contributed by atoms with Crippen molar-refractivity contribution in [1.82, 2.24) is 5.32 Å². The lowest BCUT2D eigenvalue weighted by Gasteiger charge is -2.09. The fraction of sp³-hybridized carbons (Fsp3) is 0.231. The molecule has 0 aromatic heterocycles. The summed E-state index contributed by atoms with van der Waals surface area (Å²) < 4.78 is 0. The molecule has 0 aliphatic carbocycles. The number of amides is 1. The minimum absolute atomic E-state index is 0.0761. The lowest BCUT2D eigenvalue weighted by atomic mass is 10.2. The van der Waals surface area contributed by atoms with Gasteiger partial charge < -0.3 is 15.7 Å². The first-order chi connectivity index (χ1) is 9.10. The van der Waals surface area contributed by atoms with E-state index in [0.717, 1.165) is 5.56 Å². The Bertz CT molecular complexity index is 535. The number of rotatable bonds is 5. The van der Waals surface area contributed by atoms with E-state index in [2.05, 4.69) is 10.6 Å². The third-order valence-electron chi connectivity index (χ3n) is 2.38. The SMILES string of the molecule is Cc1c(Cl)cccc1NC(=O)/C(C#N)=C\NCCO. The molecule has 0 spiro atoms. The van der Waals surface area contributed by atoms with Crippen LogP contribution in [0.25, 0.3) is 0 Å². The summed E-state index contributed by atoms with van der Waals surface area (Å²) >= 11 is 5.94. The van der Waals surface area contributed by atoms with Gasteiger partial charge in [0.15, 0.2) is 0 Å². The molecule has 0 atom stereocenters. The highest BCUT2D eigenvalue weighted by atomic mass is 35.5. The van der Waals surface area contributed by atoms with E-state index < -0.39 is 5.91 Å². The predicted octanol–water partition coefficient (Wildman–Crippen LogP) is 1.58. The van der Waals surface area contributed by atoms with Gasteiger partial charge in [0, 0.05) is 23.5 Å². The van der Waals surface area contributed by atoms with Crippen molar-refractivity contribution in [2.75, 3.05) is 18.5 Å². The van der Waals surface area contributed by atoms with E-state index in [9.17, 15) is 4.79 Å². The third kappa shape index (κ3) is 4.28. The minimum atomic E-state index is -0.529. The zero-order valence-corrected chi connectivity index (χ0v) is 11.2. The van der Waals surface area contributed by atoms with E-state index in [0.29, 0.717) is 10.7 Å². The molecule has 0 saturated carbocycles. The van der Waals surface area contributed by atoms with Crippen molar-refractivity contribution in [1.29, 1.82) is 5.26 Å². The van der Waals surface area contributed by atoms with Crippen LogP contribution in [-0.4, -0.2) is 24.2 Å². The van der Waals surface area contributed by atoms with E-state index in [1.807, 2.05) is 0 Å². The van der Waals surface area contributed by atoms with Gasteiger partial charge in [-0.05, 0) is 24.6 Å². The van der Waals surface area contributed by atoms with Crippen LogP contribution in [0.4, 0.5) is 5.69 Å². The molecule has 0 radical (unpaired) electrons.